The van der Waals surface area contributed by atoms with Gasteiger partial charge in [-0.3, -0.25) is 0 Å². The Balaban J connectivity index is 1.27. The first kappa shape index (κ1) is 29.0. The molecule has 0 aliphatic heterocycles. The lowest BCUT2D eigenvalue weighted by Gasteiger charge is -2.15. The van der Waals surface area contributed by atoms with E-state index < -0.39 is 0 Å². The average Bonchev–Trinajstić information content (AvgIpc) is 3.56. The molecule has 0 bridgehead atoms. The first-order valence-corrected chi connectivity index (χ1v) is 17.2. The predicted octanol–water partition coefficient (Wildman–Crippen LogP) is 11.9. The Morgan fingerprint density at radius 3 is 1.75 bits per heavy atom. The van der Waals surface area contributed by atoms with Crippen LogP contribution < -0.4 is 0 Å². The largest absolute Gasteiger partial charge is 0.309 e. The van der Waals surface area contributed by atoms with Crippen molar-refractivity contribution in [3.05, 3.63) is 182 Å². The van der Waals surface area contributed by atoms with Crippen molar-refractivity contribution in [3.63, 3.8) is 0 Å². The molecule has 0 atom stereocenters. The molecule has 10 rings (SSSR count). The highest BCUT2D eigenvalue weighted by molar-refractivity contribution is 6.25. The lowest BCUT2D eigenvalue weighted by atomic mass is 9.96. The van der Waals surface area contributed by atoms with E-state index in [0.717, 1.165) is 66.8 Å². The fraction of sp³-hybridized carbons (Fsp3) is 0. The summed E-state index contributed by atoms with van der Waals surface area (Å²) in [7, 11) is 0. The first-order chi connectivity index (χ1) is 25.3. The zero-order valence-corrected chi connectivity index (χ0v) is 27.6. The van der Waals surface area contributed by atoms with Crippen LogP contribution in [-0.4, -0.2) is 19.5 Å². The molecule has 0 aliphatic rings. The summed E-state index contributed by atoms with van der Waals surface area (Å²) in [4.78, 5) is 15.6. The van der Waals surface area contributed by atoms with E-state index in [2.05, 4.69) is 150 Å². The monoisotopic (exact) mass is 650 g/mol. The Morgan fingerprint density at radius 2 is 0.961 bits per heavy atom. The highest BCUT2D eigenvalue weighted by Gasteiger charge is 2.21. The summed E-state index contributed by atoms with van der Waals surface area (Å²) in [5.74, 6) is 0.695. The Hall–Kier alpha value is -6.91. The smallest absolute Gasteiger partial charge is 0.160 e. The lowest BCUT2D eigenvalue weighted by molar-refractivity contribution is 1.18. The maximum absolute atomic E-state index is 5.45. The van der Waals surface area contributed by atoms with Gasteiger partial charge >= 0.3 is 0 Å². The predicted molar refractivity (Wildman–Crippen MR) is 211 cm³/mol. The Kier molecular flexibility index (Phi) is 6.78. The molecule has 4 nitrogen and oxygen atoms in total. The van der Waals surface area contributed by atoms with Crippen LogP contribution in [0.3, 0.4) is 0 Å². The number of para-hydroxylation sites is 3. The number of aromatic nitrogens is 4. The van der Waals surface area contributed by atoms with E-state index in [4.69, 9.17) is 15.0 Å². The van der Waals surface area contributed by atoms with Crippen molar-refractivity contribution < 1.29 is 0 Å². The lowest BCUT2D eigenvalue weighted by Crippen LogP contribution is -1.98. The molecular formula is C47H30N4. The van der Waals surface area contributed by atoms with Gasteiger partial charge in [0.05, 0.1) is 33.6 Å². The van der Waals surface area contributed by atoms with Crippen molar-refractivity contribution in [2.75, 3.05) is 0 Å². The third kappa shape index (κ3) is 4.88. The number of pyridine rings is 1. The number of benzene rings is 7. The second kappa shape index (κ2) is 11.9. The number of hydrogen-bond donors (Lipinski definition) is 0. The van der Waals surface area contributed by atoms with Gasteiger partial charge in [0.25, 0.3) is 0 Å². The molecule has 0 saturated heterocycles. The zero-order valence-electron chi connectivity index (χ0n) is 27.6. The van der Waals surface area contributed by atoms with E-state index in [-0.39, 0.29) is 0 Å². The van der Waals surface area contributed by atoms with E-state index in [9.17, 15) is 0 Å². The van der Waals surface area contributed by atoms with Gasteiger partial charge in [0.15, 0.2) is 5.82 Å². The van der Waals surface area contributed by atoms with Crippen molar-refractivity contribution in [2.45, 2.75) is 0 Å². The molecule has 0 N–H and O–H groups in total. The van der Waals surface area contributed by atoms with Crippen molar-refractivity contribution >= 4 is 43.5 Å². The maximum Gasteiger partial charge on any atom is 0.160 e. The van der Waals surface area contributed by atoms with Gasteiger partial charge in [-0.2, -0.15) is 0 Å². The van der Waals surface area contributed by atoms with Crippen molar-refractivity contribution in [2.24, 2.45) is 0 Å². The van der Waals surface area contributed by atoms with E-state index >= 15 is 0 Å². The van der Waals surface area contributed by atoms with Gasteiger partial charge in [0.1, 0.15) is 0 Å². The van der Waals surface area contributed by atoms with Gasteiger partial charge in [-0.15, -0.1) is 0 Å². The third-order valence-corrected chi connectivity index (χ3v) is 9.77. The Morgan fingerprint density at radius 1 is 0.373 bits per heavy atom. The minimum Gasteiger partial charge on any atom is -0.309 e. The first-order valence-electron chi connectivity index (χ1n) is 17.2. The maximum atomic E-state index is 5.45. The zero-order chi connectivity index (χ0) is 33.7. The standard InChI is InChI=1S/C47H30N4/c1-4-15-31(16-5-1)41-30-42(50-47(49-41)32-17-6-2-7-18-32)33-19-14-20-34(29-33)45-44-38(36-23-10-12-25-40(36)48-45)27-28-39-37-24-11-13-26-43(37)51(46(39)44)35-21-8-3-9-22-35/h1-30H. The molecule has 0 unspecified atom stereocenters. The number of fused-ring (bicyclic) bond motifs is 7. The molecule has 0 spiro atoms. The molecule has 3 aromatic heterocycles. The highest BCUT2D eigenvalue weighted by Crippen LogP contribution is 2.42. The molecule has 0 saturated carbocycles. The van der Waals surface area contributed by atoms with Gasteiger partial charge in [0.2, 0.25) is 0 Å². The van der Waals surface area contributed by atoms with E-state index in [1.165, 1.54) is 21.7 Å². The fourth-order valence-corrected chi connectivity index (χ4v) is 7.45. The molecular weight excluding hydrogens is 621 g/mol. The molecule has 4 heteroatoms. The van der Waals surface area contributed by atoms with Gasteiger partial charge in [-0.25, -0.2) is 15.0 Å². The molecule has 3 heterocycles. The molecule has 0 radical (unpaired) electrons. The van der Waals surface area contributed by atoms with E-state index in [1.807, 2.05) is 36.4 Å². The normalized spacial score (nSPS) is 11.5. The van der Waals surface area contributed by atoms with E-state index in [1.54, 1.807) is 0 Å². The van der Waals surface area contributed by atoms with Crippen LogP contribution >= 0.6 is 0 Å². The number of hydrogen-bond acceptors (Lipinski definition) is 3. The van der Waals surface area contributed by atoms with Crippen LogP contribution in [0, 0.1) is 0 Å². The van der Waals surface area contributed by atoms with Gasteiger partial charge in [-0.05, 0) is 41.8 Å². The summed E-state index contributed by atoms with van der Waals surface area (Å²) >= 11 is 0. The molecule has 7 aromatic carbocycles. The summed E-state index contributed by atoms with van der Waals surface area (Å²) < 4.78 is 2.40. The van der Waals surface area contributed by atoms with E-state index in [0.29, 0.717) is 5.82 Å². The Bertz CT molecular complexity index is 2840. The minimum absolute atomic E-state index is 0.695. The summed E-state index contributed by atoms with van der Waals surface area (Å²) in [6.07, 6.45) is 0. The molecule has 238 valence electrons. The highest BCUT2D eigenvalue weighted by atomic mass is 15.0. The van der Waals surface area contributed by atoms with Crippen LogP contribution in [0.15, 0.2) is 182 Å². The summed E-state index contributed by atoms with van der Waals surface area (Å²) in [6, 6.07) is 63.6. The van der Waals surface area contributed by atoms with Crippen LogP contribution in [0.5, 0.6) is 0 Å². The second-order valence-electron chi connectivity index (χ2n) is 12.8. The van der Waals surface area contributed by atoms with Crippen molar-refractivity contribution in [3.8, 4) is 50.8 Å². The van der Waals surface area contributed by atoms with Crippen molar-refractivity contribution in [1.29, 1.82) is 0 Å². The SMILES string of the molecule is c1ccc(-c2cc(-c3cccc(-c4nc5ccccc5c5ccc6c7ccccc7n(-c7ccccc7)c6c45)c3)nc(-c3ccccc3)n2)cc1. The third-order valence-electron chi connectivity index (χ3n) is 9.77. The van der Waals surface area contributed by atoms with Gasteiger partial charge in [-0.1, -0.05) is 146 Å². The fourth-order valence-electron chi connectivity index (χ4n) is 7.45. The second-order valence-corrected chi connectivity index (χ2v) is 12.8. The molecule has 51 heavy (non-hydrogen) atoms. The van der Waals surface area contributed by atoms with Crippen LogP contribution in [-0.2, 0) is 0 Å². The average molecular weight is 651 g/mol. The quantitative estimate of drug-likeness (QED) is 0.174. The van der Waals surface area contributed by atoms with Gasteiger partial charge in [0, 0.05) is 49.5 Å². The van der Waals surface area contributed by atoms with Crippen LogP contribution in [0.1, 0.15) is 0 Å². The minimum atomic E-state index is 0.695. The van der Waals surface area contributed by atoms with Crippen molar-refractivity contribution in [1.82, 2.24) is 19.5 Å². The molecule has 10 aromatic rings. The number of nitrogens with zero attached hydrogens (tertiary/aromatic N) is 4. The molecule has 0 amide bonds. The Labute approximate surface area is 295 Å². The molecule has 0 fully saturated rings. The van der Waals surface area contributed by atoms with Crippen LogP contribution in [0.25, 0.3) is 94.3 Å². The van der Waals surface area contributed by atoms with Crippen LogP contribution in [0.4, 0.5) is 0 Å². The molecule has 0 aliphatic carbocycles. The summed E-state index contributed by atoms with van der Waals surface area (Å²) in [5.41, 5.74) is 11.1. The topological polar surface area (TPSA) is 43.6 Å². The van der Waals surface area contributed by atoms with Gasteiger partial charge < -0.3 is 4.57 Å². The summed E-state index contributed by atoms with van der Waals surface area (Å²) in [5, 5.41) is 5.85. The van der Waals surface area contributed by atoms with Crippen LogP contribution in [0.2, 0.25) is 0 Å². The number of rotatable bonds is 5. The summed E-state index contributed by atoms with van der Waals surface area (Å²) in [6.45, 7) is 0.